The van der Waals surface area contributed by atoms with Crippen LogP contribution in [0.4, 0.5) is 0 Å². The van der Waals surface area contributed by atoms with Gasteiger partial charge in [0.25, 0.3) is 0 Å². The largest absolute Gasteiger partial charge is 0.495 e. The molecule has 1 fully saturated rings. The summed E-state index contributed by atoms with van der Waals surface area (Å²) in [6, 6.07) is 1.75. The number of ketones is 1. The number of hydrogen-bond donors (Lipinski definition) is 0. The van der Waals surface area contributed by atoms with Crippen molar-refractivity contribution >= 4 is 5.78 Å². The van der Waals surface area contributed by atoms with Gasteiger partial charge in [0.1, 0.15) is 5.75 Å². The van der Waals surface area contributed by atoms with Crippen LogP contribution >= 0.6 is 0 Å². The molecule has 0 amide bonds. The van der Waals surface area contributed by atoms with Gasteiger partial charge in [0.2, 0.25) is 0 Å². The number of carbonyl (C=O) groups excluding carboxylic acids is 1. The number of Topliss-reactive ketones (excluding diaryl/α,β-unsaturated/α-hetero) is 1. The molecule has 1 aromatic heterocycles. The summed E-state index contributed by atoms with van der Waals surface area (Å²) in [7, 11) is 1.58. The van der Waals surface area contributed by atoms with E-state index in [2.05, 4.69) is 9.88 Å². The van der Waals surface area contributed by atoms with E-state index in [0.29, 0.717) is 24.5 Å². The van der Waals surface area contributed by atoms with Crippen molar-refractivity contribution in [3.05, 3.63) is 24.0 Å². The average Bonchev–Trinajstić information content (AvgIpc) is 2.54. The molecule has 110 valence electrons. The predicted octanol–water partition coefficient (Wildman–Crippen LogP) is 1.77. The highest BCUT2D eigenvalue weighted by Crippen LogP contribution is 2.26. The van der Waals surface area contributed by atoms with Gasteiger partial charge < -0.3 is 9.47 Å². The minimum atomic E-state index is -0.516. The van der Waals surface area contributed by atoms with Crippen molar-refractivity contribution in [3.8, 4) is 5.75 Å². The molecule has 0 aromatic carbocycles. The molecule has 20 heavy (non-hydrogen) atoms. The smallest absolute Gasteiger partial charge is 0.184 e. The number of pyridine rings is 1. The Balaban J connectivity index is 2.26. The maximum atomic E-state index is 12.9. The van der Waals surface area contributed by atoms with Crippen LogP contribution in [0.1, 0.15) is 30.6 Å². The number of ether oxygens (including phenoxy) is 2. The molecule has 0 radical (unpaired) electrons. The summed E-state index contributed by atoms with van der Waals surface area (Å²) in [5.74, 6) is 0.699. The SMILES string of the molecule is CCC(C)(C(=O)c1cncc(OC)c1)N1CCOCC1. The number of hydrogen-bond acceptors (Lipinski definition) is 5. The molecule has 2 heterocycles. The summed E-state index contributed by atoms with van der Waals surface area (Å²) >= 11 is 0. The summed E-state index contributed by atoms with van der Waals surface area (Å²) in [5.41, 5.74) is 0.0814. The van der Waals surface area contributed by atoms with Crippen molar-refractivity contribution in [1.29, 1.82) is 0 Å². The normalized spacial score (nSPS) is 19.4. The maximum absolute atomic E-state index is 12.9. The highest BCUT2D eigenvalue weighted by atomic mass is 16.5. The Morgan fingerprint density at radius 1 is 1.45 bits per heavy atom. The number of carbonyl (C=O) groups is 1. The topological polar surface area (TPSA) is 51.7 Å². The fraction of sp³-hybridized carbons (Fsp3) is 0.600. The lowest BCUT2D eigenvalue weighted by atomic mass is 9.87. The van der Waals surface area contributed by atoms with Gasteiger partial charge in [0.05, 0.1) is 32.1 Å². The van der Waals surface area contributed by atoms with Crippen LogP contribution in [-0.4, -0.2) is 54.6 Å². The molecular weight excluding hydrogens is 256 g/mol. The second-order valence-electron chi connectivity index (χ2n) is 5.17. The molecule has 0 N–H and O–H groups in total. The quantitative estimate of drug-likeness (QED) is 0.768. The van der Waals surface area contributed by atoms with E-state index < -0.39 is 5.54 Å². The number of methoxy groups -OCH3 is 1. The van der Waals surface area contributed by atoms with Gasteiger partial charge in [-0.2, -0.15) is 0 Å². The van der Waals surface area contributed by atoms with Crippen LogP contribution < -0.4 is 4.74 Å². The van der Waals surface area contributed by atoms with Gasteiger partial charge in [-0.3, -0.25) is 14.7 Å². The van der Waals surface area contributed by atoms with Gasteiger partial charge in [-0.25, -0.2) is 0 Å². The second kappa shape index (κ2) is 6.33. The van der Waals surface area contributed by atoms with E-state index in [1.54, 1.807) is 25.6 Å². The number of rotatable bonds is 5. The Bertz CT molecular complexity index is 472. The van der Waals surface area contributed by atoms with Crippen LogP contribution in [0.5, 0.6) is 5.75 Å². The fourth-order valence-electron chi connectivity index (χ4n) is 2.55. The zero-order valence-corrected chi connectivity index (χ0v) is 12.4. The average molecular weight is 278 g/mol. The zero-order chi connectivity index (χ0) is 14.6. The lowest BCUT2D eigenvalue weighted by Crippen LogP contribution is -2.56. The molecule has 1 saturated heterocycles. The monoisotopic (exact) mass is 278 g/mol. The van der Waals surface area contributed by atoms with Crippen molar-refractivity contribution < 1.29 is 14.3 Å². The minimum Gasteiger partial charge on any atom is -0.495 e. The van der Waals surface area contributed by atoms with E-state index in [1.807, 2.05) is 13.8 Å². The summed E-state index contributed by atoms with van der Waals surface area (Å²) in [4.78, 5) is 19.2. The Kier molecular flexibility index (Phi) is 4.73. The van der Waals surface area contributed by atoms with E-state index in [0.717, 1.165) is 19.5 Å². The third-order valence-electron chi connectivity index (χ3n) is 4.10. The van der Waals surface area contributed by atoms with Crippen LogP contribution in [-0.2, 0) is 4.74 Å². The molecule has 5 nitrogen and oxygen atoms in total. The van der Waals surface area contributed by atoms with Gasteiger partial charge in [-0.05, 0) is 19.4 Å². The molecule has 0 aliphatic carbocycles. The molecule has 1 unspecified atom stereocenters. The Hall–Kier alpha value is -1.46. The third kappa shape index (κ3) is 2.83. The molecule has 1 atom stereocenters. The Morgan fingerprint density at radius 2 is 2.15 bits per heavy atom. The lowest BCUT2D eigenvalue weighted by molar-refractivity contribution is -0.0106. The van der Waals surface area contributed by atoms with Crippen molar-refractivity contribution in [2.24, 2.45) is 0 Å². The first kappa shape index (κ1) is 14.9. The van der Waals surface area contributed by atoms with Crippen LogP contribution in [0.25, 0.3) is 0 Å². The van der Waals surface area contributed by atoms with E-state index in [-0.39, 0.29) is 5.78 Å². The fourth-order valence-corrected chi connectivity index (χ4v) is 2.55. The molecular formula is C15H22N2O3. The zero-order valence-electron chi connectivity index (χ0n) is 12.4. The Labute approximate surface area is 119 Å². The van der Waals surface area contributed by atoms with Crippen molar-refractivity contribution in [3.63, 3.8) is 0 Å². The highest BCUT2D eigenvalue weighted by Gasteiger charge is 2.39. The predicted molar refractivity (Wildman–Crippen MR) is 76.2 cm³/mol. The highest BCUT2D eigenvalue weighted by molar-refractivity contribution is 6.03. The molecule has 0 saturated carbocycles. The number of morpholine rings is 1. The van der Waals surface area contributed by atoms with Gasteiger partial charge in [0, 0.05) is 24.8 Å². The third-order valence-corrected chi connectivity index (χ3v) is 4.10. The molecule has 2 rings (SSSR count). The maximum Gasteiger partial charge on any atom is 0.184 e. The summed E-state index contributed by atoms with van der Waals surface area (Å²) < 4.78 is 10.5. The van der Waals surface area contributed by atoms with Crippen molar-refractivity contribution in [2.45, 2.75) is 25.8 Å². The van der Waals surface area contributed by atoms with Crippen LogP contribution in [0.15, 0.2) is 18.5 Å². The molecule has 5 heteroatoms. The molecule has 0 spiro atoms. The van der Waals surface area contributed by atoms with E-state index in [1.165, 1.54) is 0 Å². The first-order valence-electron chi connectivity index (χ1n) is 6.98. The molecule has 1 aliphatic rings. The van der Waals surface area contributed by atoms with E-state index in [9.17, 15) is 4.79 Å². The van der Waals surface area contributed by atoms with Crippen LogP contribution in [0.3, 0.4) is 0 Å². The van der Waals surface area contributed by atoms with Crippen LogP contribution in [0.2, 0.25) is 0 Å². The first-order valence-corrected chi connectivity index (χ1v) is 6.98. The van der Waals surface area contributed by atoms with Crippen LogP contribution in [0, 0.1) is 0 Å². The van der Waals surface area contributed by atoms with Crippen molar-refractivity contribution in [1.82, 2.24) is 9.88 Å². The van der Waals surface area contributed by atoms with Gasteiger partial charge in [0.15, 0.2) is 5.78 Å². The standard InChI is InChI=1S/C15H22N2O3/c1-4-15(2,17-5-7-20-8-6-17)14(18)12-9-13(19-3)11-16-10-12/h9-11H,4-8H2,1-3H3. The summed E-state index contributed by atoms with van der Waals surface area (Å²) in [6.07, 6.45) is 3.97. The summed E-state index contributed by atoms with van der Waals surface area (Å²) in [5, 5.41) is 0. The number of aromatic nitrogens is 1. The Morgan fingerprint density at radius 3 is 2.75 bits per heavy atom. The molecule has 0 bridgehead atoms. The minimum absolute atomic E-state index is 0.0910. The first-order chi connectivity index (χ1) is 9.61. The van der Waals surface area contributed by atoms with Gasteiger partial charge in [-0.15, -0.1) is 0 Å². The molecule has 1 aromatic rings. The summed E-state index contributed by atoms with van der Waals surface area (Å²) in [6.45, 7) is 6.97. The van der Waals surface area contributed by atoms with Crippen molar-refractivity contribution in [2.75, 3.05) is 33.4 Å². The van der Waals surface area contributed by atoms with Gasteiger partial charge >= 0.3 is 0 Å². The second-order valence-corrected chi connectivity index (χ2v) is 5.17. The number of nitrogens with zero attached hydrogens (tertiary/aromatic N) is 2. The van der Waals surface area contributed by atoms with E-state index in [4.69, 9.17) is 9.47 Å². The molecule has 1 aliphatic heterocycles. The van der Waals surface area contributed by atoms with Gasteiger partial charge in [-0.1, -0.05) is 6.92 Å². The van der Waals surface area contributed by atoms with E-state index >= 15 is 0 Å². The lowest BCUT2D eigenvalue weighted by Gasteiger charge is -2.41.